The van der Waals surface area contributed by atoms with Gasteiger partial charge in [-0.3, -0.25) is 9.88 Å². The number of carbonyl (C=O) groups is 2. The first kappa shape index (κ1) is 25.6. The Labute approximate surface area is 212 Å². The van der Waals surface area contributed by atoms with Crippen LogP contribution in [-0.4, -0.2) is 73.1 Å². The SMILES string of the molecule is COCCN(C(=O)NCc1cccc(OC)c1)C1(C=O)CCN(Cc2ccnc3ccccc23)CC1. The topological polar surface area (TPSA) is 84.0 Å². The van der Waals surface area contributed by atoms with E-state index in [-0.39, 0.29) is 6.03 Å². The number of fused-ring (bicyclic) bond motifs is 1. The van der Waals surface area contributed by atoms with Crippen LogP contribution in [0.25, 0.3) is 10.9 Å². The molecule has 1 N–H and O–H groups in total. The van der Waals surface area contributed by atoms with Crippen LogP contribution in [0, 0.1) is 0 Å². The molecule has 0 saturated carbocycles. The number of hydrogen-bond donors (Lipinski definition) is 1. The van der Waals surface area contributed by atoms with Gasteiger partial charge in [0.15, 0.2) is 0 Å². The van der Waals surface area contributed by atoms with E-state index in [9.17, 15) is 9.59 Å². The molecule has 0 unspecified atom stereocenters. The average molecular weight is 491 g/mol. The number of benzene rings is 2. The highest BCUT2D eigenvalue weighted by molar-refractivity contribution is 5.82. The molecule has 8 nitrogen and oxygen atoms in total. The minimum Gasteiger partial charge on any atom is -0.497 e. The van der Waals surface area contributed by atoms with Crippen molar-refractivity contribution in [3.8, 4) is 5.75 Å². The van der Waals surface area contributed by atoms with E-state index in [1.54, 1.807) is 19.1 Å². The average Bonchev–Trinajstić information content (AvgIpc) is 2.93. The molecule has 1 fully saturated rings. The van der Waals surface area contributed by atoms with Gasteiger partial charge in [0.05, 0.1) is 19.2 Å². The van der Waals surface area contributed by atoms with E-state index in [0.29, 0.717) is 45.6 Å². The van der Waals surface area contributed by atoms with E-state index in [1.807, 2.05) is 48.7 Å². The van der Waals surface area contributed by atoms with Gasteiger partial charge in [-0.05, 0) is 48.2 Å². The lowest BCUT2D eigenvalue weighted by atomic mass is 9.86. The molecule has 1 aliphatic heterocycles. The number of aromatic nitrogens is 1. The van der Waals surface area contributed by atoms with Gasteiger partial charge in [-0.2, -0.15) is 0 Å². The standard InChI is InChI=1S/C28H34N4O4/c1-35-17-16-32(27(34)30-19-22-6-5-7-24(18-22)36-2)28(21-33)11-14-31(15-12-28)20-23-10-13-29-26-9-4-3-8-25(23)26/h3-10,13,18,21H,11-12,14-17,19-20H2,1-2H3,(H,30,34). The van der Waals surface area contributed by atoms with Crippen LogP contribution in [-0.2, 0) is 22.6 Å². The normalized spacial score (nSPS) is 15.4. The smallest absolute Gasteiger partial charge is 0.318 e. The van der Waals surface area contributed by atoms with E-state index in [0.717, 1.165) is 35.0 Å². The van der Waals surface area contributed by atoms with Crippen molar-refractivity contribution in [3.05, 3.63) is 71.9 Å². The summed E-state index contributed by atoms with van der Waals surface area (Å²) >= 11 is 0. The zero-order chi connectivity index (χ0) is 25.4. The Kier molecular flexibility index (Phi) is 8.51. The molecular weight excluding hydrogens is 456 g/mol. The minimum absolute atomic E-state index is 0.268. The number of methoxy groups -OCH3 is 2. The van der Waals surface area contributed by atoms with Gasteiger partial charge in [0.25, 0.3) is 0 Å². The highest BCUT2D eigenvalue weighted by Gasteiger charge is 2.42. The Morgan fingerprint density at radius 2 is 1.94 bits per heavy atom. The molecule has 3 aromatic rings. The van der Waals surface area contributed by atoms with Crippen molar-refractivity contribution in [1.82, 2.24) is 20.1 Å². The minimum atomic E-state index is -0.867. The molecule has 190 valence electrons. The maximum atomic E-state index is 13.3. The van der Waals surface area contributed by atoms with Crippen LogP contribution in [0.2, 0.25) is 0 Å². The van der Waals surface area contributed by atoms with Gasteiger partial charge >= 0.3 is 6.03 Å². The lowest BCUT2D eigenvalue weighted by molar-refractivity contribution is -0.120. The number of carbonyl (C=O) groups excluding carboxylic acids is 2. The summed E-state index contributed by atoms with van der Waals surface area (Å²) in [5, 5.41) is 4.13. The largest absolute Gasteiger partial charge is 0.497 e. The molecule has 0 atom stereocenters. The number of para-hydroxylation sites is 1. The Bertz CT molecular complexity index is 1170. The van der Waals surface area contributed by atoms with Crippen molar-refractivity contribution >= 4 is 23.2 Å². The summed E-state index contributed by atoms with van der Waals surface area (Å²) in [4.78, 5) is 34.2. The molecule has 2 heterocycles. The number of piperidine rings is 1. The quantitative estimate of drug-likeness (QED) is 0.437. The third-order valence-electron chi connectivity index (χ3n) is 6.95. The lowest BCUT2D eigenvalue weighted by Gasteiger charge is -2.45. The number of ether oxygens (including phenoxy) is 2. The second-order valence-corrected chi connectivity index (χ2v) is 9.14. The van der Waals surface area contributed by atoms with E-state index < -0.39 is 5.54 Å². The number of nitrogens with one attached hydrogen (secondary N) is 1. The Morgan fingerprint density at radius 1 is 1.14 bits per heavy atom. The van der Waals surface area contributed by atoms with Gasteiger partial charge in [-0.25, -0.2) is 4.79 Å². The van der Waals surface area contributed by atoms with Crippen LogP contribution >= 0.6 is 0 Å². The zero-order valence-electron chi connectivity index (χ0n) is 21.0. The molecular formula is C28H34N4O4. The van der Waals surface area contributed by atoms with Crippen molar-refractivity contribution in [2.75, 3.05) is 40.5 Å². The van der Waals surface area contributed by atoms with Gasteiger partial charge in [-0.15, -0.1) is 0 Å². The van der Waals surface area contributed by atoms with Crippen LogP contribution in [0.4, 0.5) is 4.79 Å². The summed E-state index contributed by atoms with van der Waals surface area (Å²) in [7, 11) is 3.21. The van der Waals surface area contributed by atoms with Gasteiger partial charge in [0, 0.05) is 51.4 Å². The molecule has 36 heavy (non-hydrogen) atoms. The van der Waals surface area contributed by atoms with Crippen molar-refractivity contribution in [2.45, 2.75) is 31.5 Å². The number of urea groups is 1. The van der Waals surface area contributed by atoms with Crippen molar-refractivity contribution < 1.29 is 19.1 Å². The monoisotopic (exact) mass is 490 g/mol. The molecule has 0 bridgehead atoms. The summed E-state index contributed by atoms with van der Waals surface area (Å²) in [5.41, 5.74) is 2.25. The van der Waals surface area contributed by atoms with Crippen LogP contribution in [0.1, 0.15) is 24.0 Å². The van der Waals surface area contributed by atoms with E-state index >= 15 is 0 Å². The number of rotatable bonds is 10. The third kappa shape index (κ3) is 5.83. The van der Waals surface area contributed by atoms with E-state index in [4.69, 9.17) is 9.47 Å². The fourth-order valence-electron chi connectivity index (χ4n) is 4.85. The van der Waals surface area contributed by atoms with E-state index in [1.165, 1.54) is 5.56 Å². The summed E-state index contributed by atoms with van der Waals surface area (Å²) in [6, 6.07) is 17.5. The highest BCUT2D eigenvalue weighted by atomic mass is 16.5. The second-order valence-electron chi connectivity index (χ2n) is 9.14. The first-order valence-electron chi connectivity index (χ1n) is 12.3. The summed E-state index contributed by atoms with van der Waals surface area (Å²) in [6.45, 7) is 3.24. The van der Waals surface area contributed by atoms with Gasteiger partial charge < -0.3 is 24.5 Å². The molecule has 1 aromatic heterocycles. The van der Waals surface area contributed by atoms with Crippen molar-refractivity contribution in [3.63, 3.8) is 0 Å². The van der Waals surface area contributed by atoms with Crippen LogP contribution in [0.3, 0.4) is 0 Å². The number of pyridine rings is 1. The molecule has 0 spiro atoms. The van der Waals surface area contributed by atoms with Gasteiger partial charge in [0.2, 0.25) is 0 Å². The summed E-state index contributed by atoms with van der Waals surface area (Å²) in [5.74, 6) is 0.733. The van der Waals surface area contributed by atoms with Crippen LogP contribution < -0.4 is 10.1 Å². The first-order valence-corrected chi connectivity index (χ1v) is 12.3. The van der Waals surface area contributed by atoms with Gasteiger partial charge in [-0.1, -0.05) is 30.3 Å². The number of hydrogen-bond acceptors (Lipinski definition) is 6. The molecule has 1 saturated heterocycles. The molecule has 4 rings (SSSR count). The Hall–Kier alpha value is -3.49. The Balaban J connectivity index is 1.43. The van der Waals surface area contributed by atoms with Gasteiger partial charge in [0.1, 0.15) is 17.6 Å². The fourth-order valence-corrected chi connectivity index (χ4v) is 4.85. The molecule has 0 aliphatic carbocycles. The molecule has 1 aliphatic rings. The molecule has 2 aromatic carbocycles. The van der Waals surface area contributed by atoms with Crippen LogP contribution in [0.15, 0.2) is 60.8 Å². The van der Waals surface area contributed by atoms with E-state index in [2.05, 4.69) is 27.3 Å². The van der Waals surface area contributed by atoms with Crippen molar-refractivity contribution in [2.24, 2.45) is 0 Å². The predicted octanol–water partition coefficient (Wildman–Crippen LogP) is 3.64. The summed E-state index contributed by atoms with van der Waals surface area (Å²) < 4.78 is 10.5. The van der Waals surface area contributed by atoms with Crippen LogP contribution in [0.5, 0.6) is 5.75 Å². The Morgan fingerprint density at radius 3 is 2.69 bits per heavy atom. The molecule has 2 amide bonds. The number of amides is 2. The van der Waals surface area contributed by atoms with Crippen molar-refractivity contribution in [1.29, 1.82) is 0 Å². The lowest BCUT2D eigenvalue weighted by Crippen LogP contribution is -2.61. The number of aldehydes is 1. The predicted molar refractivity (Wildman–Crippen MR) is 139 cm³/mol. The summed E-state index contributed by atoms with van der Waals surface area (Å²) in [6.07, 6.45) is 3.93. The molecule has 8 heteroatoms. The number of likely N-dealkylation sites (tertiary alicyclic amines) is 1. The maximum absolute atomic E-state index is 13.3. The second kappa shape index (κ2) is 12.0. The molecule has 0 radical (unpaired) electrons. The first-order chi connectivity index (χ1) is 17.6. The highest BCUT2D eigenvalue weighted by Crippen LogP contribution is 2.29. The fraction of sp³-hybridized carbons (Fsp3) is 0.393. The number of nitrogens with zero attached hydrogens (tertiary/aromatic N) is 3. The maximum Gasteiger partial charge on any atom is 0.318 e. The third-order valence-corrected chi connectivity index (χ3v) is 6.95. The zero-order valence-corrected chi connectivity index (χ0v) is 21.0.